The zero-order valence-electron chi connectivity index (χ0n) is 17.6. The fourth-order valence-corrected chi connectivity index (χ4v) is 3.77. The first kappa shape index (κ1) is 20.8. The molecule has 4 rings (SSSR count). The van der Waals surface area contributed by atoms with Crippen LogP contribution in [0.5, 0.6) is 0 Å². The van der Waals surface area contributed by atoms with Gasteiger partial charge in [0.1, 0.15) is 11.6 Å². The summed E-state index contributed by atoms with van der Waals surface area (Å²) in [5, 5.41) is 7.49. The largest absolute Gasteiger partial charge is 0.355 e. The lowest BCUT2D eigenvalue weighted by molar-refractivity contribution is -0.120. The Morgan fingerprint density at radius 3 is 2.39 bits per heavy atom. The number of aryl methyl sites for hydroxylation is 2. The Morgan fingerprint density at radius 1 is 1.00 bits per heavy atom. The van der Waals surface area contributed by atoms with Crippen molar-refractivity contribution in [3.63, 3.8) is 0 Å². The molecule has 1 aliphatic heterocycles. The second-order valence-electron chi connectivity index (χ2n) is 7.97. The molecule has 2 heterocycles. The summed E-state index contributed by atoms with van der Waals surface area (Å²) in [6, 6.07) is 14.7. The van der Waals surface area contributed by atoms with Crippen molar-refractivity contribution in [3.05, 3.63) is 81.9 Å². The van der Waals surface area contributed by atoms with E-state index < -0.39 is 0 Å². The summed E-state index contributed by atoms with van der Waals surface area (Å²) in [5.74, 6) is 0.263. The number of anilines is 2. The first-order valence-electron chi connectivity index (χ1n) is 10.4. The molecular weight excluding hydrogens is 395 g/mol. The van der Waals surface area contributed by atoms with Crippen LogP contribution in [-0.4, -0.2) is 28.8 Å². The highest BCUT2D eigenvalue weighted by molar-refractivity contribution is 5.92. The average molecular weight is 420 g/mol. The predicted molar refractivity (Wildman–Crippen MR) is 119 cm³/mol. The number of benzene rings is 2. The van der Waals surface area contributed by atoms with Gasteiger partial charge in [0.2, 0.25) is 5.91 Å². The molecule has 31 heavy (non-hydrogen) atoms. The molecule has 0 saturated carbocycles. The van der Waals surface area contributed by atoms with Crippen molar-refractivity contribution in [1.82, 2.24) is 9.78 Å². The Bertz CT molecular complexity index is 1150. The molecule has 0 atom stereocenters. The SMILES string of the molecule is Cc1ccc(NC(=O)C2CCN(c3ccc(=O)n(-c4ccc(F)cc4)n3)CC2)cc1C. The maximum absolute atomic E-state index is 13.2. The van der Waals surface area contributed by atoms with E-state index in [0.29, 0.717) is 37.4 Å². The molecule has 1 amide bonds. The molecule has 0 aliphatic carbocycles. The summed E-state index contributed by atoms with van der Waals surface area (Å²) < 4.78 is 14.5. The number of rotatable bonds is 4. The Hall–Kier alpha value is -3.48. The van der Waals surface area contributed by atoms with E-state index in [-0.39, 0.29) is 23.2 Å². The van der Waals surface area contributed by atoms with Crippen LogP contribution in [0.4, 0.5) is 15.9 Å². The van der Waals surface area contributed by atoms with Crippen LogP contribution in [-0.2, 0) is 4.79 Å². The molecule has 0 radical (unpaired) electrons. The van der Waals surface area contributed by atoms with Crippen LogP contribution in [0.2, 0.25) is 0 Å². The van der Waals surface area contributed by atoms with Gasteiger partial charge in [-0.2, -0.15) is 4.68 Å². The highest BCUT2D eigenvalue weighted by Crippen LogP contribution is 2.23. The lowest BCUT2D eigenvalue weighted by Crippen LogP contribution is -2.39. The zero-order chi connectivity index (χ0) is 22.0. The summed E-state index contributed by atoms with van der Waals surface area (Å²) in [5.41, 5.74) is 3.40. The van der Waals surface area contributed by atoms with E-state index >= 15 is 0 Å². The highest BCUT2D eigenvalue weighted by Gasteiger charge is 2.26. The Balaban J connectivity index is 1.42. The molecule has 3 aromatic rings. The van der Waals surface area contributed by atoms with E-state index in [4.69, 9.17) is 0 Å². The van der Waals surface area contributed by atoms with Crippen molar-refractivity contribution in [2.24, 2.45) is 5.92 Å². The Labute approximate surface area is 180 Å². The molecule has 2 aromatic carbocycles. The number of hydrogen-bond acceptors (Lipinski definition) is 4. The van der Waals surface area contributed by atoms with Crippen molar-refractivity contribution in [3.8, 4) is 5.69 Å². The van der Waals surface area contributed by atoms with Gasteiger partial charge in [0.05, 0.1) is 5.69 Å². The number of nitrogens with one attached hydrogen (secondary N) is 1. The summed E-state index contributed by atoms with van der Waals surface area (Å²) in [6.07, 6.45) is 1.40. The number of aromatic nitrogens is 2. The average Bonchev–Trinajstić information content (AvgIpc) is 2.77. The topological polar surface area (TPSA) is 67.2 Å². The molecule has 1 saturated heterocycles. The number of nitrogens with zero attached hydrogens (tertiary/aromatic N) is 3. The summed E-state index contributed by atoms with van der Waals surface area (Å²) in [4.78, 5) is 27.0. The Kier molecular flexibility index (Phi) is 5.84. The lowest BCUT2D eigenvalue weighted by atomic mass is 9.95. The van der Waals surface area contributed by atoms with E-state index in [1.165, 1.54) is 40.6 Å². The van der Waals surface area contributed by atoms with Crippen molar-refractivity contribution in [2.75, 3.05) is 23.3 Å². The Morgan fingerprint density at radius 2 is 1.71 bits per heavy atom. The van der Waals surface area contributed by atoms with Crippen molar-refractivity contribution in [2.45, 2.75) is 26.7 Å². The maximum Gasteiger partial charge on any atom is 0.271 e. The molecule has 1 fully saturated rings. The number of piperidine rings is 1. The highest BCUT2D eigenvalue weighted by atomic mass is 19.1. The van der Waals surface area contributed by atoms with Gasteiger partial charge in [-0.05, 0) is 80.3 Å². The summed E-state index contributed by atoms with van der Waals surface area (Å²) in [7, 11) is 0. The van der Waals surface area contributed by atoms with Crippen molar-refractivity contribution < 1.29 is 9.18 Å². The van der Waals surface area contributed by atoms with Crippen molar-refractivity contribution in [1.29, 1.82) is 0 Å². The van der Waals surface area contributed by atoms with E-state index in [1.54, 1.807) is 6.07 Å². The molecule has 1 N–H and O–H groups in total. The molecule has 0 bridgehead atoms. The minimum atomic E-state index is -0.367. The zero-order valence-corrected chi connectivity index (χ0v) is 17.6. The van der Waals surface area contributed by atoms with E-state index in [0.717, 1.165) is 11.3 Å². The van der Waals surface area contributed by atoms with Gasteiger partial charge in [-0.1, -0.05) is 6.07 Å². The number of hydrogen-bond donors (Lipinski definition) is 1. The van der Waals surface area contributed by atoms with Gasteiger partial charge in [0.25, 0.3) is 5.56 Å². The third-order valence-electron chi connectivity index (χ3n) is 5.82. The molecule has 1 aromatic heterocycles. The summed E-state index contributed by atoms with van der Waals surface area (Å²) >= 11 is 0. The van der Waals surface area contributed by atoms with E-state index in [1.807, 2.05) is 32.0 Å². The molecule has 1 aliphatic rings. The third kappa shape index (κ3) is 4.66. The fourth-order valence-electron chi connectivity index (χ4n) is 3.77. The van der Waals surface area contributed by atoms with Gasteiger partial charge in [-0.25, -0.2) is 4.39 Å². The molecule has 160 valence electrons. The first-order valence-corrected chi connectivity index (χ1v) is 10.4. The molecule has 7 heteroatoms. The molecular formula is C24H25FN4O2. The molecule has 0 spiro atoms. The van der Waals surface area contributed by atoms with Gasteiger partial charge in [-0.3, -0.25) is 9.59 Å². The van der Waals surface area contributed by atoms with E-state index in [2.05, 4.69) is 15.3 Å². The van der Waals surface area contributed by atoms with Crippen LogP contribution in [0, 0.1) is 25.6 Å². The normalized spacial score (nSPS) is 14.5. The first-order chi connectivity index (χ1) is 14.9. The second kappa shape index (κ2) is 8.71. The van der Waals surface area contributed by atoms with Crippen molar-refractivity contribution >= 4 is 17.4 Å². The van der Waals surface area contributed by atoms with Crippen LogP contribution in [0.3, 0.4) is 0 Å². The third-order valence-corrected chi connectivity index (χ3v) is 5.82. The fraction of sp³-hybridized carbons (Fsp3) is 0.292. The minimum Gasteiger partial charge on any atom is -0.355 e. The van der Waals surface area contributed by atoms with Crippen LogP contribution >= 0.6 is 0 Å². The minimum absolute atomic E-state index is 0.0344. The molecule has 0 unspecified atom stereocenters. The van der Waals surface area contributed by atoms with Crippen LogP contribution in [0.25, 0.3) is 5.69 Å². The van der Waals surface area contributed by atoms with Gasteiger partial charge in [0.15, 0.2) is 0 Å². The quantitative estimate of drug-likeness (QED) is 0.696. The second-order valence-corrected chi connectivity index (χ2v) is 7.97. The van der Waals surface area contributed by atoms with Crippen LogP contribution in [0.15, 0.2) is 59.4 Å². The number of carbonyl (C=O) groups is 1. The maximum atomic E-state index is 13.2. The van der Waals surface area contributed by atoms with Gasteiger partial charge >= 0.3 is 0 Å². The van der Waals surface area contributed by atoms with Crippen LogP contribution < -0.4 is 15.8 Å². The predicted octanol–water partition coefficient (Wildman–Crippen LogP) is 3.84. The smallest absolute Gasteiger partial charge is 0.271 e. The van der Waals surface area contributed by atoms with Gasteiger partial charge in [0, 0.05) is 30.8 Å². The number of carbonyl (C=O) groups excluding carboxylic acids is 1. The van der Waals surface area contributed by atoms with Gasteiger partial charge in [-0.15, -0.1) is 5.10 Å². The monoisotopic (exact) mass is 420 g/mol. The standard InChI is InChI=1S/C24H25FN4O2/c1-16-3-6-20(15-17(16)2)26-24(31)18-11-13-28(14-12-18)22-9-10-23(30)29(27-22)21-7-4-19(25)5-8-21/h3-10,15,18H,11-14H2,1-2H3,(H,26,31). The lowest BCUT2D eigenvalue weighted by Gasteiger charge is -2.32. The van der Waals surface area contributed by atoms with Crippen LogP contribution in [0.1, 0.15) is 24.0 Å². The number of halogens is 1. The number of amides is 1. The van der Waals surface area contributed by atoms with E-state index in [9.17, 15) is 14.0 Å². The van der Waals surface area contributed by atoms with Gasteiger partial charge < -0.3 is 10.2 Å². The summed E-state index contributed by atoms with van der Waals surface area (Å²) in [6.45, 7) is 5.41. The molecule has 6 nitrogen and oxygen atoms in total.